The van der Waals surface area contributed by atoms with Gasteiger partial charge in [-0.3, -0.25) is 14.8 Å². The first-order valence-electron chi connectivity index (χ1n) is 7.20. The number of carbonyl (C=O) groups is 1. The van der Waals surface area contributed by atoms with Crippen molar-refractivity contribution in [2.45, 2.75) is 25.7 Å². The van der Waals surface area contributed by atoms with Crippen LogP contribution in [0.2, 0.25) is 0 Å². The molecule has 1 saturated heterocycles. The standard InChI is InChI=1S/C13H21N5O/c19-13(12-14-10-15-16-12)18-7-5-17(6-8-18)9-11-3-1-2-4-11/h10-11H,1-9H2,(H,14,15,16). The summed E-state index contributed by atoms with van der Waals surface area (Å²) < 4.78 is 0. The summed E-state index contributed by atoms with van der Waals surface area (Å²) in [5.74, 6) is 1.21. The maximum atomic E-state index is 12.1. The van der Waals surface area contributed by atoms with Crippen molar-refractivity contribution in [3.63, 3.8) is 0 Å². The molecule has 1 aromatic heterocycles. The van der Waals surface area contributed by atoms with Gasteiger partial charge in [0.1, 0.15) is 6.33 Å². The summed E-state index contributed by atoms with van der Waals surface area (Å²) in [6, 6.07) is 0. The van der Waals surface area contributed by atoms with E-state index in [1.807, 2.05) is 4.90 Å². The molecule has 6 nitrogen and oxygen atoms in total. The van der Waals surface area contributed by atoms with Gasteiger partial charge in [0.2, 0.25) is 5.82 Å². The van der Waals surface area contributed by atoms with Crippen LogP contribution < -0.4 is 0 Å². The maximum absolute atomic E-state index is 12.1. The Bertz CT molecular complexity index is 405. The van der Waals surface area contributed by atoms with Crippen molar-refractivity contribution >= 4 is 5.91 Å². The van der Waals surface area contributed by atoms with Crippen molar-refractivity contribution in [2.75, 3.05) is 32.7 Å². The Hall–Kier alpha value is -1.43. The Labute approximate surface area is 113 Å². The number of aromatic nitrogens is 3. The van der Waals surface area contributed by atoms with Crippen LogP contribution in [0.3, 0.4) is 0 Å². The van der Waals surface area contributed by atoms with Crippen molar-refractivity contribution in [2.24, 2.45) is 5.92 Å². The summed E-state index contributed by atoms with van der Waals surface area (Å²) in [4.78, 5) is 20.4. The predicted molar refractivity (Wildman–Crippen MR) is 70.7 cm³/mol. The Morgan fingerprint density at radius 2 is 2.00 bits per heavy atom. The van der Waals surface area contributed by atoms with E-state index < -0.39 is 0 Å². The molecule has 1 amide bonds. The Morgan fingerprint density at radius 1 is 1.26 bits per heavy atom. The number of nitrogens with zero attached hydrogens (tertiary/aromatic N) is 4. The van der Waals surface area contributed by atoms with Crippen LogP contribution >= 0.6 is 0 Å². The lowest BCUT2D eigenvalue weighted by Crippen LogP contribution is -2.49. The van der Waals surface area contributed by atoms with Gasteiger partial charge in [-0.25, -0.2) is 4.98 Å². The van der Waals surface area contributed by atoms with E-state index in [1.54, 1.807) is 0 Å². The van der Waals surface area contributed by atoms with Gasteiger partial charge in [-0.05, 0) is 18.8 Å². The summed E-state index contributed by atoms with van der Waals surface area (Å²) in [6.07, 6.45) is 6.95. The van der Waals surface area contributed by atoms with Crippen LogP contribution in [-0.4, -0.2) is 63.6 Å². The lowest BCUT2D eigenvalue weighted by Gasteiger charge is -2.35. The van der Waals surface area contributed by atoms with Crippen LogP contribution in [0.1, 0.15) is 36.3 Å². The van der Waals surface area contributed by atoms with Gasteiger partial charge >= 0.3 is 0 Å². The normalized spacial score (nSPS) is 22.0. The highest BCUT2D eigenvalue weighted by atomic mass is 16.2. The largest absolute Gasteiger partial charge is 0.333 e. The van der Waals surface area contributed by atoms with E-state index >= 15 is 0 Å². The second-order valence-electron chi connectivity index (χ2n) is 5.58. The number of aromatic amines is 1. The summed E-state index contributed by atoms with van der Waals surface area (Å²) >= 11 is 0. The van der Waals surface area contributed by atoms with Gasteiger partial charge in [0.05, 0.1) is 0 Å². The van der Waals surface area contributed by atoms with Crippen molar-refractivity contribution in [3.05, 3.63) is 12.2 Å². The molecular formula is C13H21N5O. The molecule has 0 radical (unpaired) electrons. The topological polar surface area (TPSA) is 65.1 Å². The first-order valence-corrected chi connectivity index (χ1v) is 7.20. The summed E-state index contributed by atoms with van der Waals surface area (Å²) in [5, 5.41) is 6.37. The number of hydrogen-bond acceptors (Lipinski definition) is 4. The molecule has 6 heteroatoms. The Kier molecular flexibility index (Phi) is 3.77. The number of rotatable bonds is 3. The fourth-order valence-electron chi connectivity index (χ4n) is 3.15. The maximum Gasteiger partial charge on any atom is 0.291 e. The first kappa shape index (κ1) is 12.6. The van der Waals surface area contributed by atoms with Crippen LogP contribution in [0, 0.1) is 5.92 Å². The molecule has 104 valence electrons. The average molecular weight is 263 g/mol. The van der Waals surface area contributed by atoms with Crippen LogP contribution in [-0.2, 0) is 0 Å². The highest BCUT2D eigenvalue weighted by Crippen LogP contribution is 2.25. The average Bonchev–Trinajstić information content (AvgIpc) is 3.12. The summed E-state index contributed by atoms with van der Waals surface area (Å²) in [5.41, 5.74) is 0. The molecule has 2 aliphatic rings. The fraction of sp³-hybridized carbons (Fsp3) is 0.769. The van der Waals surface area contributed by atoms with E-state index in [0.717, 1.165) is 32.1 Å². The Balaban J connectivity index is 1.47. The van der Waals surface area contributed by atoms with Crippen LogP contribution in [0.15, 0.2) is 6.33 Å². The highest BCUT2D eigenvalue weighted by Gasteiger charge is 2.25. The lowest BCUT2D eigenvalue weighted by molar-refractivity contribution is 0.0606. The minimum Gasteiger partial charge on any atom is -0.333 e. The smallest absolute Gasteiger partial charge is 0.291 e. The van der Waals surface area contributed by atoms with E-state index in [9.17, 15) is 4.79 Å². The van der Waals surface area contributed by atoms with Crippen molar-refractivity contribution in [3.8, 4) is 0 Å². The number of carbonyl (C=O) groups excluding carboxylic acids is 1. The molecule has 0 bridgehead atoms. The number of H-pyrrole nitrogens is 1. The summed E-state index contributed by atoms with van der Waals surface area (Å²) in [7, 11) is 0. The zero-order valence-electron chi connectivity index (χ0n) is 11.2. The molecule has 3 rings (SSSR count). The van der Waals surface area contributed by atoms with Gasteiger partial charge in [-0.2, -0.15) is 5.10 Å². The fourth-order valence-corrected chi connectivity index (χ4v) is 3.15. The molecule has 0 spiro atoms. The highest BCUT2D eigenvalue weighted by molar-refractivity contribution is 5.90. The van der Waals surface area contributed by atoms with Gasteiger partial charge in [-0.1, -0.05) is 12.8 Å². The van der Waals surface area contributed by atoms with Gasteiger partial charge in [0.15, 0.2) is 0 Å². The number of amides is 1. The van der Waals surface area contributed by atoms with Gasteiger partial charge in [0.25, 0.3) is 5.91 Å². The number of nitrogens with one attached hydrogen (secondary N) is 1. The van der Waals surface area contributed by atoms with E-state index in [1.165, 1.54) is 38.6 Å². The van der Waals surface area contributed by atoms with E-state index in [4.69, 9.17) is 0 Å². The van der Waals surface area contributed by atoms with E-state index in [0.29, 0.717) is 5.82 Å². The van der Waals surface area contributed by atoms with Crippen molar-refractivity contribution in [1.82, 2.24) is 25.0 Å². The molecular weight excluding hydrogens is 242 g/mol. The van der Waals surface area contributed by atoms with Gasteiger partial charge in [-0.15, -0.1) is 0 Å². The summed E-state index contributed by atoms with van der Waals surface area (Å²) in [6.45, 7) is 4.77. The molecule has 1 N–H and O–H groups in total. The van der Waals surface area contributed by atoms with Crippen molar-refractivity contribution < 1.29 is 4.79 Å². The SMILES string of the molecule is O=C(c1ncn[nH]1)N1CCN(CC2CCCC2)CC1. The second kappa shape index (κ2) is 5.69. The van der Waals surface area contributed by atoms with Gasteiger partial charge in [0, 0.05) is 32.7 Å². The third-order valence-electron chi connectivity index (χ3n) is 4.27. The zero-order chi connectivity index (χ0) is 13.1. The molecule has 2 fully saturated rings. The molecule has 19 heavy (non-hydrogen) atoms. The molecule has 2 heterocycles. The third-order valence-corrected chi connectivity index (χ3v) is 4.27. The molecule has 0 unspecified atom stereocenters. The Morgan fingerprint density at radius 3 is 2.63 bits per heavy atom. The quantitative estimate of drug-likeness (QED) is 0.874. The molecule has 1 aliphatic heterocycles. The predicted octanol–water partition coefficient (Wildman–Crippen LogP) is 0.753. The molecule has 0 atom stereocenters. The van der Waals surface area contributed by atoms with Crippen LogP contribution in [0.4, 0.5) is 0 Å². The minimum absolute atomic E-state index is 0.0296. The molecule has 1 aliphatic carbocycles. The zero-order valence-corrected chi connectivity index (χ0v) is 11.2. The monoisotopic (exact) mass is 263 g/mol. The van der Waals surface area contributed by atoms with Crippen LogP contribution in [0.25, 0.3) is 0 Å². The second-order valence-corrected chi connectivity index (χ2v) is 5.58. The van der Waals surface area contributed by atoms with E-state index in [2.05, 4.69) is 20.1 Å². The third kappa shape index (κ3) is 2.94. The van der Waals surface area contributed by atoms with E-state index in [-0.39, 0.29) is 5.91 Å². The minimum atomic E-state index is -0.0296. The van der Waals surface area contributed by atoms with Gasteiger partial charge < -0.3 is 4.90 Å². The molecule has 1 saturated carbocycles. The molecule has 1 aromatic rings. The number of hydrogen-bond donors (Lipinski definition) is 1. The first-order chi connectivity index (χ1) is 9.33. The number of piperazine rings is 1. The molecule has 0 aromatic carbocycles. The van der Waals surface area contributed by atoms with Crippen molar-refractivity contribution in [1.29, 1.82) is 0 Å². The van der Waals surface area contributed by atoms with Crippen LogP contribution in [0.5, 0.6) is 0 Å². The lowest BCUT2D eigenvalue weighted by atomic mass is 10.1.